The molecule has 0 aliphatic carbocycles. The van der Waals surface area contributed by atoms with Crippen molar-refractivity contribution in [2.45, 2.75) is 32.4 Å². The molecule has 5 nitrogen and oxygen atoms in total. The van der Waals surface area contributed by atoms with Crippen LogP contribution in [0.25, 0.3) is 0 Å². The third-order valence-corrected chi connectivity index (χ3v) is 4.68. The zero-order valence-electron chi connectivity index (χ0n) is 14.9. The number of aryl methyl sites for hydroxylation is 3. The molecule has 24 heavy (non-hydrogen) atoms. The first-order valence-corrected chi connectivity index (χ1v) is 8.61. The maximum absolute atomic E-state index is 5.97. The Kier molecular flexibility index (Phi) is 5.53. The van der Waals surface area contributed by atoms with Gasteiger partial charge >= 0.3 is 0 Å². The minimum absolute atomic E-state index is 0.293. The minimum atomic E-state index is 0.293. The molecule has 0 spiro atoms. The van der Waals surface area contributed by atoms with Crippen LogP contribution in [0.1, 0.15) is 23.2 Å². The molecule has 1 aromatic heterocycles. The van der Waals surface area contributed by atoms with Gasteiger partial charge in [-0.15, -0.1) is 0 Å². The van der Waals surface area contributed by atoms with E-state index in [9.17, 15) is 0 Å². The summed E-state index contributed by atoms with van der Waals surface area (Å²) < 4.78 is 13.3. The average molecular weight is 329 g/mol. The number of hydrogen-bond donors (Lipinski definition) is 0. The molecule has 130 valence electrons. The second-order valence-electron chi connectivity index (χ2n) is 6.45. The molecule has 2 aromatic rings. The second-order valence-corrected chi connectivity index (χ2v) is 6.45. The first-order valence-electron chi connectivity index (χ1n) is 8.61. The Balaban J connectivity index is 1.58. The van der Waals surface area contributed by atoms with Crippen molar-refractivity contribution < 1.29 is 9.47 Å². The number of benzene rings is 1. The van der Waals surface area contributed by atoms with Gasteiger partial charge in [0.15, 0.2) is 0 Å². The van der Waals surface area contributed by atoms with Crippen molar-refractivity contribution in [1.29, 1.82) is 0 Å². The molecular weight excluding hydrogens is 302 g/mol. The van der Waals surface area contributed by atoms with Gasteiger partial charge in [-0.25, -0.2) is 4.68 Å². The van der Waals surface area contributed by atoms with Gasteiger partial charge in [0.05, 0.1) is 31.1 Å². The maximum Gasteiger partial charge on any atom is 0.216 e. The number of nitrogens with zero attached hydrogens (tertiary/aromatic N) is 3. The van der Waals surface area contributed by atoms with E-state index in [2.05, 4.69) is 40.3 Å². The lowest BCUT2D eigenvalue weighted by Crippen LogP contribution is -2.42. The van der Waals surface area contributed by atoms with Crippen molar-refractivity contribution in [3.8, 4) is 5.88 Å². The maximum atomic E-state index is 5.97. The molecule has 3 rings (SSSR count). The lowest BCUT2D eigenvalue weighted by Gasteiger charge is -2.33. The number of morpholine rings is 1. The van der Waals surface area contributed by atoms with Crippen molar-refractivity contribution in [2.24, 2.45) is 7.05 Å². The molecule has 1 atom stereocenters. The molecule has 2 heterocycles. The zero-order valence-corrected chi connectivity index (χ0v) is 14.9. The van der Waals surface area contributed by atoms with Crippen LogP contribution in [0.5, 0.6) is 5.88 Å². The highest BCUT2D eigenvalue weighted by molar-refractivity contribution is 5.30. The molecule has 1 saturated heterocycles. The highest BCUT2D eigenvalue weighted by Gasteiger charge is 2.23. The van der Waals surface area contributed by atoms with Crippen LogP contribution in [0.4, 0.5) is 0 Å². The Morgan fingerprint density at radius 3 is 2.83 bits per heavy atom. The molecule has 0 bridgehead atoms. The van der Waals surface area contributed by atoms with E-state index < -0.39 is 0 Å². The van der Waals surface area contributed by atoms with E-state index in [0.717, 1.165) is 50.7 Å². The summed E-state index contributed by atoms with van der Waals surface area (Å²) in [5.74, 6) is 0.861. The lowest BCUT2D eigenvalue weighted by molar-refractivity contribution is -0.0348. The predicted molar refractivity (Wildman–Crippen MR) is 94.3 cm³/mol. The van der Waals surface area contributed by atoms with Gasteiger partial charge in [-0.05, 0) is 25.3 Å². The second kappa shape index (κ2) is 7.81. The Hall–Kier alpha value is -1.85. The van der Waals surface area contributed by atoms with E-state index in [1.165, 1.54) is 11.1 Å². The molecule has 1 fully saturated rings. The van der Waals surface area contributed by atoms with Gasteiger partial charge in [-0.1, -0.05) is 30.3 Å². The van der Waals surface area contributed by atoms with Gasteiger partial charge in [0, 0.05) is 26.7 Å². The fourth-order valence-electron chi connectivity index (χ4n) is 3.41. The standard InChI is InChI=1S/C19H27N3O2/c1-15-18(19(23-3)21(2)20-15)14-22-11-12-24-17(13-22)10-9-16-7-5-4-6-8-16/h4-8,17H,9-14H2,1-3H3/t17-/m0/s1. The van der Waals surface area contributed by atoms with Crippen LogP contribution in [0.15, 0.2) is 30.3 Å². The summed E-state index contributed by atoms with van der Waals surface area (Å²) in [6.07, 6.45) is 2.42. The third kappa shape index (κ3) is 3.97. The van der Waals surface area contributed by atoms with Crippen LogP contribution in [0, 0.1) is 6.92 Å². The first-order chi connectivity index (χ1) is 11.7. The Bertz CT molecular complexity index is 654. The molecule has 0 unspecified atom stereocenters. The van der Waals surface area contributed by atoms with Gasteiger partial charge in [0.2, 0.25) is 5.88 Å². The fourth-order valence-corrected chi connectivity index (χ4v) is 3.41. The molecule has 1 aliphatic heterocycles. The SMILES string of the molecule is COc1c(CN2CCO[C@@H](CCc3ccccc3)C2)c(C)nn1C. The van der Waals surface area contributed by atoms with E-state index >= 15 is 0 Å². The van der Waals surface area contributed by atoms with Gasteiger partial charge in [-0.3, -0.25) is 4.90 Å². The molecule has 0 N–H and O–H groups in total. The first kappa shape index (κ1) is 17.0. The number of aromatic nitrogens is 2. The highest BCUT2D eigenvalue weighted by Crippen LogP contribution is 2.24. The van der Waals surface area contributed by atoms with Crippen molar-refractivity contribution in [3.63, 3.8) is 0 Å². The van der Waals surface area contributed by atoms with E-state index in [4.69, 9.17) is 9.47 Å². The minimum Gasteiger partial charge on any atom is -0.481 e. The molecule has 1 aliphatic rings. The van der Waals surface area contributed by atoms with E-state index in [-0.39, 0.29) is 0 Å². The number of ether oxygens (including phenoxy) is 2. The van der Waals surface area contributed by atoms with Crippen molar-refractivity contribution >= 4 is 0 Å². The van der Waals surface area contributed by atoms with E-state index in [1.54, 1.807) is 7.11 Å². The molecule has 0 amide bonds. The Morgan fingerprint density at radius 1 is 1.29 bits per heavy atom. The van der Waals surface area contributed by atoms with Crippen LogP contribution in [-0.2, 0) is 24.8 Å². The fraction of sp³-hybridized carbons (Fsp3) is 0.526. The van der Waals surface area contributed by atoms with Gasteiger partial charge in [0.1, 0.15) is 0 Å². The van der Waals surface area contributed by atoms with Crippen molar-refractivity contribution in [3.05, 3.63) is 47.2 Å². The molecule has 0 radical (unpaired) electrons. The van der Waals surface area contributed by atoms with Crippen LogP contribution in [0.3, 0.4) is 0 Å². The Morgan fingerprint density at radius 2 is 2.08 bits per heavy atom. The predicted octanol–water partition coefficient (Wildman–Crippen LogP) is 2.57. The van der Waals surface area contributed by atoms with E-state index in [0.29, 0.717) is 6.10 Å². The normalized spacial score (nSPS) is 18.7. The van der Waals surface area contributed by atoms with Gasteiger partial charge in [-0.2, -0.15) is 5.10 Å². The summed E-state index contributed by atoms with van der Waals surface area (Å²) in [4.78, 5) is 2.45. The summed E-state index contributed by atoms with van der Waals surface area (Å²) in [5, 5.41) is 4.48. The number of hydrogen-bond acceptors (Lipinski definition) is 4. The summed E-state index contributed by atoms with van der Waals surface area (Å²) in [6.45, 7) is 5.63. The van der Waals surface area contributed by atoms with Crippen molar-refractivity contribution in [1.82, 2.24) is 14.7 Å². The Labute approximate surface area is 144 Å². The summed E-state index contributed by atoms with van der Waals surface area (Å²) >= 11 is 0. The largest absolute Gasteiger partial charge is 0.481 e. The third-order valence-electron chi connectivity index (χ3n) is 4.68. The van der Waals surface area contributed by atoms with Crippen molar-refractivity contribution in [2.75, 3.05) is 26.8 Å². The average Bonchev–Trinajstić information content (AvgIpc) is 2.87. The van der Waals surface area contributed by atoms with Gasteiger partial charge in [0.25, 0.3) is 0 Å². The zero-order chi connectivity index (χ0) is 16.9. The molecule has 5 heteroatoms. The summed E-state index contributed by atoms with van der Waals surface area (Å²) in [7, 11) is 3.64. The molecule has 0 saturated carbocycles. The molecular formula is C19H27N3O2. The summed E-state index contributed by atoms with van der Waals surface area (Å²) in [5.41, 5.74) is 3.60. The topological polar surface area (TPSA) is 39.5 Å². The number of rotatable bonds is 6. The van der Waals surface area contributed by atoms with Gasteiger partial charge < -0.3 is 9.47 Å². The van der Waals surface area contributed by atoms with Crippen LogP contribution < -0.4 is 4.74 Å². The van der Waals surface area contributed by atoms with E-state index in [1.807, 2.05) is 18.7 Å². The monoisotopic (exact) mass is 329 g/mol. The van der Waals surface area contributed by atoms with Crippen LogP contribution >= 0.6 is 0 Å². The number of methoxy groups -OCH3 is 1. The quantitative estimate of drug-likeness (QED) is 0.817. The summed E-state index contributed by atoms with van der Waals surface area (Å²) in [6, 6.07) is 10.6. The lowest BCUT2D eigenvalue weighted by atomic mass is 10.1. The smallest absolute Gasteiger partial charge is 0.216 e. The van der Waals surface area contributed by atoms with Crippen LogP contribution in [-0.4, -0.2) is 47.6 Å². The van der Waals surface area contributed by atoms with Crippen LogP contribution in [0.2, 0.25) is 0 Å². The molecule has 1 aromatic carbocycles. The highest BCUT2D eigenvalue weighted by atomic mass is 16.5.